The van der Waals surface area contributed by atoms with Crippen LogP contribution in [0.5, 0.6) is 0 Å². The van der Waals surface area contributed by atoms with Gasteiger partial charge in [0.25, 0.3) is 0 Å². The van der Waals surface area contributed by atoms with Gasteiger partial charge in [-0.1, -0.05) is 19.4 Å². The molecule has 2 saturated heterocycles. The summed E-state index contributed by atoms with van der Waals surface area (Å²) in [7, 11) is 0. The highest BCUT2D eigenvalue weighted by atomic mass is 32.2. The Hall–Kier alpha value is -1.53. The fourth-order valence-corrected chi connectivity index (χ4v) is 4.38. The van der Waals surface area contributed by atoms with Crippen molar-refractivity contribution in [3.8, 4) is 0 Å². The Morgan fingerprint density at radius 2 is 2.30 bits per heavy atom. The summed E-state index contributed by atoms with van der Waals surface area (Å²) in [6.07, 6.45) is 2.17. The van der Waals surface area contributed by atoms with Crippen molar-refractivity contribution in [2.75, 3.05) is 12.4 Å². The highest BCUT2D eigenvalue weighted by Crippen LogP contribution is 2.37. The van der Waals surface area contributed by atoms with Crippen LogP contribution in [0.25, 0.3) is 0 Å². The summed E-state index contributed by atoms with van der Waals surface area (Å²) in [5.74, 6) is 0.607. The summed E-state index contributed by atoms with van der Waals surface area (Å²) in [5.41, 5.74) is 3.37. The van der Waals surface area contributed by atoms with Gasteiger partial charge in [0.2, 0.25) is 0 Å². The molecule has 2 amide bonds. The van der Waals surface area contributed by atoms with Crippen LogP contribution in [-0.4, -0.2) is 41.8 Å². The number of rotatable bonds is 6. The Bertz CT molecular complexity index is 648. The highest BCUT2D eigenvalue weighted by Gasteiger charge is 2.54. The Kier molecular flexibility index (Phi) is 4.38. The van der Waals surface area contributed by atoms with E-state index in [0.29, 0.717) is 5.88 Å². The first kappa shape index (κ1) is 16.3. The second-order valence-electron chi connectivity index (χ2n) is 6.49. The zero-order valence-corrected chi connectivity index (χ0v) is 14.8. The summed E-state index contributed by atoms with van der Waals surface area (Å²) in [6, 6.07) is 4.23. The molecule has 2 heterocycles. The predicted molar refractivity (Wildman–Crippen MR) is 95.7 cm³/mol. The van der Waals surface area contributed by atoms with E-state index in [9.17, 15) is 4.79 Å². The normalized spacial score (nSPS) is 25.8. The van der Waals surface area contributed by atoms with E-state index in [1.54, 1.807) is 11.8 Å². The molecule has 0 saturated carbocycles. The zero-order chi connectivity index (χ0) is 16.6. The molecule has 1 aromatic carbocycles. The van der Waals surface area contributed by atoms with E-state index in [0.717, 1.165) is 30.0 Å². The number of aliphatic imine (C=N–C) groups is 1. The second-order valence-corrected chi connectivity index (χ2v) is 7.48. The Morgan fingerprint density at radius 1 is 1.52 bits per heavy atom. The van der Waals surface area contributed by atoms with Gasteiger partial charge in [-0.05, 0) is 44.2 Å². The van der Waals surface area contributed by atoms with Crippen LogP contribution >= 0.6 is 11.8 Å². The standard InChI is InChI=1S/C17H24N4OS/c1-5-6-12-11(2)7-8-13(14(12)18-4)23-10-21-15-17(3,9-19-15)20-16(21)22/h7-8,15,19H,4-6,9-10H2,1-3H3,(H,20,22). The number of hydrogen-bond acceptors (Lipinski definition) is 4. The molecule has 2 fully saturated rings. The Balaban J connectivity index is 1.77. The molecule has 0 aromatic heterocycles. The number of hydrogen-bond donors (Lipinski definition) is 2. The van der Waals surface area contributed by atoms with Crippen molar-refractivity contribution in [2.24, 2.45) is 4.99 Å². The number of nitrogens with one attached hydrogen (secondary N) is 2. The van der Waals surface area contributed by atoms with Crippen molar-refractivity contribution in [1.29, 1.82) is 0 Å². The number of aryl methyl sites for hydroxylation is 1. The summed E-state index contributed by atoms with van der Waals surface area (Å²) in [4.78, 5) is 19.4. The Morgan fingerprint density at radius 3 is 2.87 bits per heavy atom. The van der Waals surface area contributed by atoms with Gasteiger partial charge in [0.1, 0.15) is 6.17 Å². The predicted octanol–water partition coefficient (Wildman–Crippen LogP) is 3.04. The third-order valence-corrected chi connectivity index (χ3v) is 5.78. The minimum Gasteiger partial charge on any atom is -0.328 e. The SMILES string of the molecule is C=Nc1c(SCN2C(=O)NC3(C)CNC23)ccc(C)c1CCC. The van der Waals surface area contributed by atoms with E-state index in [4.69, 9.17) is 0 Å². The van der Waals surface area contributed by atoms with Gasteiger partial charge in [-0.15, -0.1) is 11.8 Å². The van der Waals surface area contributed by atoms with E-state index >= 15 is 0 Å². The second kappa shape index (κ2) is 6.17. The molecule has 2 aliphatic heterocycles. The molecule has 124 valence electrons. The average Bonchev–Trinajstić information content (AvgIpc) is 2.68. The molecule has 2 atom stereocenters. The van der Waals surface area contributed by atoms with Crippen LogP contribution < -0.4 is 10.6 Å². The van der Waals surface area contributed by atoms with Gasteiger partial charge in [0.05, 0.1) is 17.1 Å². The molecular weight excluding hydrogens is 308 g/mol. The molecule has 3 rings (SSSR count). The molecule has 1 aromatic rings. The van der Waals surface area contributed by atoms with Crippen molar-refractivity contribution in [1.82, 2.24) is 15.5 Å². The van der Waals surface area contributed by atoms with E-state index in [-0.39, 0.29) is 17.7 Å². The van der Waals surface area contributed by atoms with Gasteiger partial charge >= 0.3 is 6.03 Å². The topological polar surface area (TPSA) is 56.7 Å². The number of carbonyl (C=O) groups is 1. The van der Waals surface area contributed by atoms with Crippen LogP contribution in [0.2, 0.25) is 0 Å². The summed E-state index contributed by atoms with van der Waals surface area (Å²) in [6.45, 7) is 10.9. The van der Waals surface area contributed by atoms with E-state index in [2.05, 4.69) is 55.2 Å². The van der Waals surface area contributed by atoms with Gasteiger partial charge in [0.15, 0.2) is 0 Å². The number of fused-ring (bicyclic) bond motifs is 1. The molecular formula is C17H24N4OS. The fraction of sp³-hybridized carbons (Fsp3) is 0.529. The van der Waals surface area contributed by atoms with Gasteiger partial charge in [-0.25, -0.2) is 4.79 Å². The number of thioether (sulfide) groups is 1. The smallest absolute Gasteiger partial charge is 0.320 e. The van der Waals surface area contributed by atoms with Crippen LogP contribution in [0.15, 0.2) is 22.0 Å². The lowest BCUT2D eigenvalue weighted by atomic mass is 9.92. The molecule has 2 unspecified atom stereocenters. The minimum atomic E-state index is -0.127. The van der Waals surface area contributed by atoms with E-state index < -0.39 is 0 Å². The molecule has 2 aliphatic rings. The van der Waals surface area contributed by atoms with Crippen LogP contribution in [0, 0.1) is 6.92 Å². The zero-order valence-electron chi connectivity index (χ0n) is 14.0. The van der Waals surface area contributed by atoms with Gasteiger partial charge in [-0.2, -0.15) is 0 Å². The lowest BCUT2D eigenvalue weighted by Gasteiger charge is -2.44. The first-order valence-corrected chi connectivity index (χ1v) is 9.03. The largest absolute Gasteiger partial charge is 0.328 e. The van der Waals surface area contributed by atoms with Crippen molar-refractivity contribution in [2.45, 2.75) is 50.2 Å². The lowest BCUT2D eigenvalue weighted by molar-refractivity contribution is 0.119. The molecule has 23 heavy (non-hydrogen) atoms. The highest BCUT2D eigenvalue weighted by molar-refractivity contribution is 7.99. The molecule has 0 aliphatic carbocycles. The Labute approximate surface area is 141 Å². The number of carbonyl (C=O) groups excluding carboxylic acids is 1. The van der Waals surface area contributed by atoms with Crippen molar-refractivity contribution in [3.63, 3.8) is 0 Å². The van der Waals surface area contributed by atoms with Gasteiger partial charge in [-0.3, -0.25) is 15.2 Å². The number of benzene rings is 1. The molecule has 0 bridgehead atoms. The third-order valence-electron chi connectivity index (χ3n) is 4.73. The molecule has 0 radical (unpaired) electrons. The maximum atomic E-state index is 12.2. The molecule has 5 nitrogen and oxygen atoms in total. The van der Waals surface area contributed by atoms with Crippen molar-refractivity contribution in [3.05, 3.63) is 23.3 Å². The van der Waals surface area contributed by atoms with E-state index in [1.807, 2.05) is 4.90 Å². The van der Waals surface area contributed by atoms with E-state index in [1.165, 1.54) is 11.1 Å². The van der Waals surface area contributed by atoms with Crippen LogP contribution in [0.1, 0.15) is 31.4 Å². The van der Waals surface area contributed by atoms with Crippen LogP contribution in [0.3, 0.4) is 0 Å². The molecule has 6 heteroatoms. The first-order chi connectivity index (χ1) is 11.0. The number of urea groups is 1. The van der Waals surface area contributed by atoms with Crippen LogP contribution in [-0.2, 0) is 6.42 Å². The van der Waals surface area contributed by atoms with Gasteiger partial charge < -0.3 is 5.32 Å². The van der Waals surface area contributed by atoms with Crippen molar-refractivity contribution < 1.29 is 4.79 Å². The van der Waals surface area contributed by atoms with Crippen LogP contribution in [0.4, 0.5) is 10.5 Å². The number of nitrogens with zero attached hydrogens (tertiary/aromatic N) is 2. The molecule has 2 N–H and O–H groups in total. The van der Waals surface area contributed by atoms with Crippen molar-refractivity contribution >= 4 is 30.2 Å². The maximum Gasteiger partial charge on any atom is 0.320 e. The fourth-order valence-electron chi connectivity index (χ4n) is 3.34. The quantitative estimate of drug-likeness (QED) is 0.622. The first-order valence-electron chi connectivity index (χ1n) is 8.04. The van der Waals surface area contributed by atoms with Gasteiger partial charge in [0, 0.05) is 11.4 Å². The summed E-state index contributed by atoms with van der Waals surface area (Å²) < 4.78 is 0. The number of amides is 2. The minimum absolute atomic E-state index is 0.00371. The lowest BCUT2D eigenvalue weighted by Crippen LogP contribution is -2.71. The maximum absolute atomic E-state index is 12.2. The third kappa shape index (κ3) is 2.74. The summed E-state index contributed by atoms with van der Waals surface area (Å²) in [5, 5.41) is 6.39. The summed E-state index contributed by atoms with van der Waals surface area (Å²) >= 11 is 1.65. The monoisotopic (exact) mass is 332 g/mol. The molecule has 0 spiro atoms. The average molecular weight is 332 g/mol.